The second-order valence-corrected chi connectivity index (χ2v) is 7.19. The van der Waals surface area contributed by atoms with Crippen molar-refractivity contribution in [3.63, 3.8) is 0 Å². The van der Waals surface area contributed by atoms with Crippen molar-refractivity contribution in [1.82, 2.24) is 5.32 Å². The number of nitrogens with one attached hydrogen (secondary N) is 1. The molecule has 0 fully saturated rings. The minimum absolute atomic E-state index is 0.0919. The molecule has 29 heavy (non-hydrogen) atoms. The average molecular weight is 397 g/mol. The third kappa shape index (κ3) is 3.55. The second-order valence-electron chi connectivity index (χ2n) is 7.19. The van der Waals surface area contributed by atoms with Crippen LogP contribution < -0.4 is 5.32 Å². The summed E-state index contributed by atoms with van der Waals surface area (Å²) in [5, 5.41) is 11.9. The van der Waals surface area contributed by atoms with Crippen molar-refractivity contribution in [2.75, 3.05) is 13.7 Å². The third-order valence-corrected chi connectivity index (χ3v) is 5.60. The topological polar surface area (TPSA) is 102 Å². The van der Waals surface area contributed by atoms with E-state index in [4.69, 9.17) is 4.74 Å². The van der Waals surface area contributed by atoms with Crippen molar-refractivity contribution in [2.45, 2.75) is 25.8 Å². The Kier molecular flexibility index (Phi) is 5.59. The Bertz CT molecular complexity index is 910. The number of carboxylic acids is 1. The molecule has 0 aliphatic heterocycles. The number of ether oxygens (including phenoxy) is 2. The van der Waals surface area contributed by atoms with Crippen molar-refractivity contribution in [3.05, 3.63) is 59.7 Å². The Morgan fingerprint density at radius 1 is 1.07 bits per heavy atom. The highest BCUT2D eigenvalue weighted by Gasteiger charge is 2.48. The fraction of sp³-hybridized carbons (Fsp3) is 0.318. The molecule has 1 aliphatic carbocycles. The van der Waals surface area contributed by atoms with E-state index >= 15 is 0 Å². The number of aliphatic carboxylic acids is 1. The molecule has 3 rings (SSSR count). The maximum atomic E-state index is 12.3. The maximum absolute atomic E-state index is 12.3. The van der Waals surface area contributed by atoms with E-state index in [2.05, 4.69) is 10.1 Å². The number of rotatable bonds is 6. The Morgan fingerprint density at radius 3 is 2.07 bits per heavy atom. The average Bonchev–Trinajstić information content (AvgIpc) is 3.04. The van der Waals surface area contributed by atoms with Crippen LogP contribution in [0.15, 0.2) is 48.5 Å². The molecule has 0 aromatic heterocycles. The highest BCUT2D eigenvalue weighted by molar-refractivity contribution is 6.00. The molecule has 0 spiro atoms. The lowest BCUT2D eigenvalue weighted by atomic mass is 9.83. The number of amides is 1. The largest absolute Gasteiger partial charge is 0.480 e. The lowest BCUT2D eigenvalue weighted by Crippen LogP contribution is -2.53. The van der Waals surface area contributed by atoms with Crippen LogP contribution in [0.5, 0.6) is 0 Å². The number of carbonyl (C=O) groups is 3. The Hall–Kier alpha value is -3.35. The second kappa shape index (κ2) is 7.95. The monoisotopic (exact) mass is 397 g/mol. The normalized spacial score (nSPS) is 15.4. The van der Waals surface area contributed by atoms with Gasteiger partial charge in [0.05, 0.1) is 13.2 Å². The van der Waals surface area contributed by atoms with Gasteiger partial charge in [-0.3, -0.25) is 9.59 Å². The number of fused-ring (bicyclic) bond motifs is 3. The van der Waals surface area contributed by atoms with Gasteiger partial charge in [0.1, 0.15) is 6.61 Å². The lowest BCUT2D eigenvalue weighted by molar-refractivity contribution is -0.167. The summed E-state index contributed by atoms with van der Waals surface area (Å²) >= 11 is 0. The summed E-state index contributed by atoms with van der Waals surface area (Å²) in [6.45, 7) is 2.72. The summed E-state index contributed by atoms with van der Waals surface area (Å²) < 4.78 is 9.99. The van der Waals surface area contributed by atoms with Crippen molar-refractivity contribution < 1.29 is 29.0 Å². The molecule has 0 bridgehead atoms. The standard InChI is InChI=1S/C22H23NO6/c1-13(22(2,19(24)25)20(26)28-3)23-21(27)29-12-18-16-10-6-4-8-14(16)15-9-5-7-11-17(15)18/h4-11,13,18H,12H2,1-3H3,(H,23,27)(H,24,25). The van der Waals surface area contributed by atoms with Crippen LogP contribution in [0, 0.1) is 5.41 Å². The molecule has 7 heteroatoms. The lowest BCUT2D eigenvalue weighted by Gasteiger charge is -2.29. The predicted molar refractivity (Wildman–Crippen MR) is 105 cm³/mol. The number of hydrogen-bond donors (Lipinski definition) is 2. The van der Waals surface area contributed by atoms with Crippen LogP contribution in [0.3, 0.4) is 0 Å². The van der Waals surface area contributed by atoms with Crippen LogP contribution in [0.25, 0.3) is 11.1 Å². The minimum atomic E-state index is -1.93. The number of alkyl carbamates (subject to hydrolysis) is 1. The molecule has 1 amide bonds. The van der Waals surface area contributed by atoms with Gasteiger partial charge in [0.15, 0.2) is 5.41 Å². The SMILES string of the molecule is COC(=O)C(C)(C(=O)O)C(C)NC(=O)OCC1c2ccccc2-c2ccccc21. The summed E-state index contributed by atoms with van der Waals surface area (Å²) in [6.07, 6.45) is -0.796. The molecule has 152 valence electrons. The molecule has 1 aliphatic rings. The van der Waals surface area contributed by atoms with Gasteiger partial charge in [0, 0.05) is 5.92 Å². The molecule has 2 aromatic carbocycles. The first-order valence-corrected chi connectivity index (χ1v) is 9.24. The molecular weight excluding hydrogens is 374 g/mol. The highest BCUT2D eigenvalue weighted by Crippen LogP contribution is 2.44. The fourth-order valence-electron chi connectivity index (χ4n) is 3.62. The Balaban J connectivity index is 1.71. The molecule has 2 N–H and O–H groups in total. The number of carbonyl (C=O) groups excluding carboxylic acids is 2. The maximum Gasteiger partial charge on any atom is 0.407 e. The van der Waals surface area contributed by atoms with E-state index in [1.807, 2.05) is 48.5 Å². The molecular formula is C22H23NO6. The fourth-order valence-corrected chi connectivity index (χ4v) is 3.62. The predicted octanol–water partition coefficient (Wildman–Crippen LogP) is 3.18. The van der Waals surface area contributed by atoms with E-state index in [0.29, 0.717) is 0 Å². The summed E-state index contributed by atoms with van der Waals surface area (Å²) in [6, 6.07) is 14.8. The van der Waals surface area contributed by atoms with Crippen LogP contribution in [0.1, 0.15) is 30.9 Å². The summed E-state index contributed by atoms with van der Waals surface area (Å²) in [7, 11) is 1.10. The summed E-state index contributed by atoms with van der Waals surface area (Å²) in [5.41, 5.74) is 2.42. The van der Waals surface area contributed by atoms with Gasteiger partial charge in [0.25, 0.3) is 0 Å². The molecule has 2 unspecified atom stereocenters. The molecule has 0 saturated heterocycles. The third-order valence-electron chi connectivity index (χ3n) is 5.60. The minimum Gasteiger partial charge on any atom is -0.480 e. The Labute approximate surface area is 168 Å². The number of methoxy groups -OCH3 is 1. The van der Waals surface area contributed by atoms with Gasteiger partial charge in [0.2, 0.25) is 0 Å². The van der Waals surface area contributed by atoms with Gasteiger partial charge in [-0.2, -0.15) is 0 Å². The van der Waals surface area contributed by atoms with Crippen LogP contribution >= 0.6 is 0 Å². The molecule has 0 saturated carbocycles. The zero-order valence-electron chi connectivity index (χ0n) is 16.5. The van der Waals surface area contributed by atoms with Crippen molar-refractivity contribution in [2.24, 2.45) is 5.41 Å². The first-order valence-electron chi connectivity index (χ1n) is 9.24. The Morgan fingerprint density at radius 2 is 1.59 bits per heavy atom. The van der Waals surface area contributed by atoms with Gasteiger partial charge < -0.3 is 19.9 Å². The number of carboxylic acid groups (broad SMARTS) is 1. The smallest absolute Gasteiger partial charge is 0.407 e. The molecule has 7 nitrogen and oxygen atoms in total. The molecule has 0 radical (unpaired) electrons. The van der Waals surface area contributed by atoms with Crippen molar-refractivity contribution in [1.29, 1.82) is 0 Å². The molecule has 0 heterocycles. The van der Waals surface area contributed by atoms with E-state index in [1.165, 1.54) is 13.8 Å². The van der Waals surface area contributed by atoms with Crippen molar-refractivity contribution in [3.8, 4) is 11.1 Å². The van der Waals surface area contributed by atoms with Gasteiger partial charge in [-0.25, -0.2) is 4.79 Å². The number of benzene rings is 2. The van der Waals surface area contributed by atoms with Crippen LogP contribution in [-0.4, -0.2) is 42.9 Å². The van der Waals surface area contributed by atoms with Gasteiger partial charge in [-0.1, -0.05) is 48.5 Å². The first-order chi connectivity index (χ1) is 13.8. The number of hydrogen-bond acceptors (Lipinski definition) is 5. The summed E-state index contributed by atoms with van der Waals surface area (Å²) in [5.74, 6) is -2.46. The van der Waals surface area contributed by atoms with Crippen LogP contribution in [0.4, 0.5) is 4.79 Å². The molecule has 2 aromatic rings. The zero-order chi connectivity index (χ0) is 21.2. The highest BCUT2D eigenvalue weighted by atomic mass is 16.5. The van der Waals surface area contributed by atoms with Crippen LogP contribution in [0.2, 0.25) is 0 Å². The van der Waals surface area contributed by atoms with E-state index in [1.54, 1.807) is 0 Å². The molecule has 2 atom stereocenters. The van der Waals surface area contributed by atoms with Crippen LogP contribution in [-0.2, 0) is 19.1 Å². The summed E-state index contributed by atoms with van der Waals surface area (Å²) in [4.78, 5) is 35.9. The van der Waals surface area contributed by atoms with Gasteiger partial charge >= 0.3 is 18.0 Å². The zero-order valence-corrected chi connectivity index (χ0v) is 16.5. The van der Waals surface area contributed by atoms with E-state index in [-0.39, 0.29) is 12.5 Å². The first kappa shape index (κ1) is 20.4. The van der Waals surface area contributed by atoms with E-state index in [0.717, 1.165) is 29.4 Å². The number of esters is 1. The van der Waals surface area contributed by atoms with E-state index in [9.17, 15) is 19.5 Å². The van der Waals surface area contributed by atoms with Gasteiger partial charge in [-0.05, 0) is 36.1 Å². The van der Waals surface area contributed by atoms with Gasteiger partial charge in [-0.15, -0.1) is 0 Å². The van der Waals surface area contributed by atoms with E-state index < -0.39 is 29.5 Å². The van der Waals surface area contributed by atoms with Crippen molar-refractivity contribution >= 4 is 18.0 Å². The quantitative estimate of drug-likeness (QED) is 0.573.